The number of pyridine rings is 1. The van der Waals surface area contributed by atoms with E-state index in [1.165, 1.54) is 11.8 Å². The molecule has 0 fully saturated rings. The number of benzene rings is 1. The normalized spacial score (nSPS) is 11.4. The molecule has 3 heterocycles. The Hall–Kier alpha value is -2.31. The van der Waals surface area contributed by atoms with E-state index in [-0.39, 0.29) is 5.56 Å². The highest BCUT2D eigenvalue weighted by atomic mass is 35.5. The number of thioether (sulfide) groups is 1. The van der Waals surface area contributed by atoms with Crippen molar-refractivity contribution in [3.63, 3.8) is 0 Å². The summed E-state index contributed by atoms with van der Waals surface area (Å²) in [6.07, 6.45) is 0. The average molecular weight is 357 g/mol. The lowest BCUT2D eigenvalue weighted by molar-refractivity contribution is 0.967. The number of H-pyrrole nitrogens is 1. The second kappa shape index (κ2) is 5.96. The van der Waals surface area contributed by atoms with Crippen molar-refractivity contribution >= 4 is 40.0 Å². The number of aromatic nitrogens is 4. The minimum atomic E-state index is -0.0647. The highest BCUT2D eigenvalue weighted by Crippen LogP contribution is 2.24. The second-order valence-electron chi connectivity index (χ2n) is 5.44. The lowest BCUT2D eigenvalue weighted by atomic mass is 10.3. The van der Waals surface area contributed by atoms with E-state index in [1.807, 2.05) is 43.3 Å². The molecule has 0 saturated heterocycles. The van der Waals surface area contributed by atoms with Crippen LogP contribution in [-0.4, -0.2) is 19.4 Å². The van der Waals surface area contributed by atoms with Gasteiger partial charge in [0.05, 0.1) is 16.7 Å². The van der Waals surface area contributed by atoms with Crippen LogP contribution in [0.2, 0.25) is 5.02 Å². The number of aromatic amines is 1. The summed E-state index contributed by atoms with van der Waals surface area (Å²) in [5.41, 5.74) is 3.96. The summed E-state index contributed by atoms with van der Waals surface area (Å²) in [6, 6.07) is 12.7. The van der Waals surface area contributed by atoms with Crippen LogP contribution in [0.25, 0.3) is 16.7 Å². The number of fused-ring (bicyclic) bond motifs is 2. The van der Waals surface area contributed by atoms with Gasteiger partial charge in [-0.3, -0.25) is 9.20 Å². The number of hydrogen-bond acceptors (Lipinski definition) is 4. The Morgan fingerprint density at radius 3 is 2.96 bits per heavy atom. The van der Waals surface area contributed by atoms with Crippen LogP contribution < -0.4 is 5.56 Å². The summed E-state index contributed by atoms with van der Waals surface area (Å²) < 4.78 is 1.61. The number of nitrogens with one attached hydrogen (secondary N) is 1. The Balaban J connectivity index is 1.63. The summed E-state index contributed by atoms with van der Waals surface area (Å²) in [5, 5.41) is 1.45. The van der Waals surface area contributed by atoms with E-state index in [9.17, 15) is 4.79 Å². The highest BCUT2D eigenvalue weighted by molar-refractivity contribution is 7.98. The van der Waals surface area contributed by atoms with E-state index in [1.54, 1.807) is 10.5 Å². The molecule has 3 aromatic heterocycles. The number of halogens is 1. The van der Waals surface area contributed by atoms with Gasteiger partial charge in [0.1, 0.15) is 5.65 Å². The highest BCUT2D eigenvalue weighted by Gasteiger charge is 2.08. The van der Waals surface area contributed by atoms with Crippen LogP contribution in [0.1, 0.15) is 11.4 Å². The number of hydrogen-bond donors (Lipinski definition) is 1. The van der Waals surface area contributed by atoms with Gasteiger partial charge < -0.3 is 4.98 Å². The number of rotatable bonds is 3. The zero-order valence-corrected chi connectivity index (χ0v) is 14.4. The van der Waals surface area contributed by atoms with E-state index in [0.717, 1.165) is 27.6 Å². The Morgan fingerprint density at radius 1 is 1.21 bits per heavy atom. The summed E-state index contributed by atoms with van der Waals surface area (Å²) in [6.45, 7) is 1.89. The zero-order valence-electron chi connectivity index (χ0n) is 12.8. The fraction of sp³-hybridized carbons (Fsp3) is 0.118. The maximum Gasteiger partial charge on any atom is 0.258 e. The van der Waals surface area contributed by atoms with Crippen molar-refractivity contribution in [1.82, 2.24) is 19.4 Å². The molecule has 0 radical (unpaired) electrons. The molecule has 0 unspecified atom stereocenters. The van der Waals surface area contributed by atoms with Gasteiger partial charge in [0.25, 0.3) is 5.56 Å². The Bertz CT molecular complexity index is 1120. The molecule has 0 bridgehead atoms. The fourth-order valence-corrected chi connectivity index (χ4v) is 3.56. The van der Waals surface area contributed by atoms with Crippen LogP contribution in [0, 0.1) is 6.92 Å². The molecule has 24 heavy (non-hydrogen) atoms. The number of aryl methyl sites for hydroxylation is 1. The van der Waals surface area contributed by atoms with Crippen molar-refractivity contribution in [3.05, 3.63) is 69.2 Å². The molecule has 0 amide bonds. The largest absolute Gasteiger partial charge is 0.333 e. The zero-order chi connectivity index (χ0) is 16.7. The lowest BCUT2D eigenvalue weighted by Crippen LogP contribution is -2.17. The molecular weight excluding hydrogens is 344 g/mol. The van der Waals surface area contributed by atoms with Gasteiger partial charge in [0.15, 0.2) is 5.16 Å². The molecule has 0 atom stereocenters. The molecule has 0 saturated carbocycles. The molecule has 5 nitrogen and oxygen atoms in total. The van der Waals surface area contributed by atoms with Crippen LogP contribution in [0.3, 0.4) is 0 Å². The minimum Gasteiger partial charge on any atom is -0.333 e. The lowest BCUT2D eigenvalue weighted by Gasteiger charge is -2.05. The van der Waals surface area contributed by atoms with Crippen molar-refractivity contribution in [2.24, 2.45) is 0 Å². The summed E-state index contributed by atoms with van der Waals surface area (Å²) >= 11 is 7.49. The average Bonchev–Trinajstić information content (AvgIpc) is 2.94. The van der Waals surface area contributed by atoms with Gasteiger partial charge in [0, 0.05) is 22.5 Å². The molecule has 0 aliphatic rings. The van der Waals surface area contributed by atoms with Crippen molar-refractivity contribution in [2.75, 3.05) is 0 Å². The van der Waals surface area contributed by atoms with E-state index in [2.05, 4.69) is 15.0 Å². The molecule has 1 aromatic carbocycles. The maximum atomic E-state index is 12.3. The third kappa shape index (κ3) is 2.79. The predicted octanol–water partition coefficient (Wildman–Crippen LogP) is 3.82. The smallest absolute Gasteiger partial charge is 0.258 e. The van der Waals surface area contributed by atoms with Crippen LogP contribution in [0.15, 0.2) is 52.4 Å². The summed E-state index contributed by atoms with van der Waals surface area (Å²) in [4.78, 5) is 24.6. The van der Waals surface area contributed by atoms with Crippen LogP contribution >= 0.6 is 23.4 Å². The van der Waals surface area contributed by atoms with Gasteiger partial charge in [-0.2, -0.15) is 0 Å². The Morgan fingerprint density at radius 2 is 2.08 bits per heavy atom. The van der Waals surface area contributed by atoms with Crippen molar-refractivity contribution in [3.8, 4) is 0 Å². The predicted molar refractivity (Wildman–Crippen MR) is 96.9 cm³/mol. The van der Waals surface area contributed by atoms with Crippen LogP contribution in [-0.2, 0) is 5.75 Å². The first kappa shape index (κ1) is 15.2. The third-order valence-corrected chi connectivity index (χ3v) is 4.85. The van der Waals surface area contributed by atoms with Crippen LogP contribution in [0.4, 0.5) is 0 Å². The first-order valence-corrected chi connectivity index (χ1v) is 8.73. The van der Waals surface area contributed by atoms with Crippen LogP contribution in [0.5, 0.6) is 0 Å². The Kier molecular flexibility index (Phi) is 3.78. The van der Waals surface area contributed by atoms with E-state index in [0.29, 0.717) is 16.4 Å². The van der Waals surface area contributed by atoms with Crippen molar-refractivity contribution in [2.45, 2.75) is 17.8 Å². The fourth-order valence-electron chi connectivity index (χ4n) is 2.61. The standard InChI is InChI=1S/C17H13ClN4OS/c1-10-3-2-4-15-19-12(8-16(23)22(10)15)9-24-17-20-13-6-5-11(18)7-14(13)21-17/h2-8H,9H2,1H3,(H,20,21). The molecular formula is C17H13ClN4OS. The third-order valence-electron chi connectivity index (χ3n) is 3.71. The molecule has 0 spiro atoms. The molecule has 4 aromatic rings. The molecule has 0 aliphatic heterocycles. The molecule has 0 aliphatic carbocycles. The summed E-state index contributed by atoms with van der Waals surface area (Å²) in [5.74, 6) is 0.563. The van der Waals surface area contributed by atoms with E-state index < -0.39 is 0 Å². The van der Waals surface area contributed by atoms with Crippen molar-refractivity contribution < 1.29 is 0 Å². The SMILES string of the molecule is Cc1cccc2nc(CSc3nc4ccc(Cl)cc4[nH]3)cc(=O)n12. The molecule has 120 valence electrons. The first-order valence-electron chi connectivity index (χ1n) is 7.36. The molecule has 4 rings (SSSR count). The van der Waals surface area contributed by atoms with Gasteiger partial charge in [-0.15, -0.1) is 0 Å². The second-order valence-corrected chi connectivity index (χ2v) is 6.84. The molecule has 7 heteroatoms. The topological polar surface area (TPSA) is 63.0 Å². The van der Waals surface area contributed by atoms with Crippen molar-refractivity contribution in [1.29, 1.82) is 0 Å². The van der Waals surface area contributed by atoms with Gasteiger partial charge >= 0.3 is 0 Å². The van der Waals surface area contributed by atoms with Gasteiger partial charge in [0.2, 0.25) is 0 Å². The molecule has 1 N–H and O–H groups in total. The Labute approximate surface area is 146 Å². The van der Waals surface area contributed by atoms with Gasteiger partial charge in [-0.25, -0.2) is 9.97 Å². The summed E-state index contributed by atoms with van der Waals surface area (Å²) in [7, 11) is 0. The number of imidazole rings is 1. The monoisotopic (exact) mass is 356 g/mol. The minimum absolute atomic E-state index is 0.0647. The van der Waals surface area contributed by atoms with E-state index >= 15 is 0 Å². The van der Waals surface area contributed by atoms with Gasteiger partial charge in [-0.1, -0.05) is 29.4 Å². The van der Waals surface area contributed by atoms with E-state index in [4.69, 9.17) is 11.6 Å². The van der Waals surface area contributed by atoms with Gasteiger partial charge in [-0.05, 0) is 37.3 Å². The quantitative estimate of drug-likeness (QED) is 0.567. The maximum absolute atomic E-state index is 12.3. The first-order chi connectivity index (χ1) is 11.6. The number of nitrogens with zero attached hydrogens (tertiary/aromatic N) is 3.